The van der Waals surface area contributed by atoms with Crippen LogP contribution in [0.25, 0.3) is 0 Å². The molecular formula is C15H22N2O3. The molecule has 0 aliphatic carbocycles. The average molecular weight is 278 g/mol. The van der Waals surface area contributed by atoms with Crippen molar-refractivity contribution < 1.29 is 14.6 Å². The quantitative estimate of drug-likeness (QED) is 0.761. The Hall–Kier alpha value is -1.59. The SMILES string of the molecule is CCNc1ccccc1C(=O)NCC1(O)CCOC1C. The van der Waals surface area contributed by atoms with E-state index in [1.54, 1.807) is 6.07 Å². The molecule has 1 aliphatic heterocycles. The highest BCUT2D eigenvalue weighted by molar-refractivity contribution is 5.99. The molecule has 2 atom stereocenters. The second-order valence-electron chi connectivity index (χ2n) is 5.13. The molecule has 1 aliphatic rings. The van der Waals surface area contributed by atoms with Crippen molar-refractivity contribution >= 4 is 11.6 Å². The number of nitrogens with one attached hydrogen (secondary N) is 2. The van der Waals surface area contributed by atoms with Crippen molar-refractivity contribution in [2.75, 3.05) is 25.0 Å². The maximum atomic E-state index is 12.2. The molecule has 1 amide bonds. The molecule has 0 spiro atoms. The van der Waals surface area contributed by atoms with Gasteiger partial charge in [-0.2, -0.15) is 0 Å². The number of ether oxygens (including phenoxy) is 1. The Balaban J connectivity index is 2.02. The monoisotopic (exact) mass is 278 g/mol. The summed E-state index contributed by atoms with van der Waals surface area (Å²) >= 11 is 0. The molecule has 0 bridgehead atoms. The Morgan fingerprint density at radius 1 is 1.50 bits per heavy atom. The number of amides is 1. The third kappa shape index (κ3) is 3.11. The van der Waals surface area contributed by atoms with E-state index in [2.05, 4.69) is 10.6 Å². The zero-order valence-corrected chi connectivity index (χ0v) is 12.0. The van der Waals surface area contributed by atoms with Crippen molar-refractivity contribution in [3.8, 4) is 0 Å². The number of aliphatic hydroxyl groups is 1. The summed E-state index contributed by atoms with van der Waals surface area (Å²) in [6.45, 7) is 5.29. The number of anilines is 1. The van der Waals surface area contributed by atoms with Gasteiger partial charge >= 0.3 is 0 Å². The third-order valence-electron chi connectivity index (χ3n) is 3.75. The lowest BCUT2D eigenvalue weighted by atomic mass is 9.96. The van der Waals surface area contributed by atoms with Gasteiger partial charge in [0.05, 0.1) is 11.7 Å². The highest BCUT2D eigenvalue weighted by atomic mass is 16.5. The second-order valence-corrected chi connectivity index (χ2v) is 5.13. The topological polar surface area (TPSA) is 70.6 Å². The summed E-state index contributed by atoms with van der Waals surface area (Å²) in [5, 5.41) is 16.3. The molecule has 1 heterocycles. The fraction of sp³-hybridized carbons (Fsp3) is 0.533. The van der Waals surface area contributed by atoms with Crippen LogP contribution in [0.2, 0.25) is 0 Å². The van der Waals surface area contributed by atoms with Crippen LogP contribution in [-0.4, -0.2) is 42.4 Å². The van der Waals surface area contributed by atoms with Gasteiger partial charge in [-0.25, -0.2) is 0 Å². The summed E-state index contributed by atoms with van der Waals surface area (Å²) in [7, 11) is 0. The first-order valence-electron chi connectivity index (χ1n) is 7.02. The first-order chi connectivity index (χ1) is 9.57. The first kappa shape index (κ1) is 14.8. The van der Waals surface area contributed by atoms with E-state index in [1.165, 1.54) is 0 Å². The lowest BCUT2D eigenvalue weighted by Gasteiger charge is -2.26. The van der Waals surface area contributed by atoms with Gasteiger partial charge in [-0.3, -0.25) is 4.79 Å². The van der Waals surface area contributed by atoms with Crippen LogP contribution in [0.3, 0.4) is 0 Å². The zero-order valence-electron chi connectivity index (χ0n) is 12.0. The summed E-state index contributed by atoms with van der Waals surface area (Å²) in [5.41, 5.74) is 0.419. The predicted octanol–water partition coefficient (Wildman–Crippen LogP) is 1.39. The van der Waals surface area contributed by atoms with Crippen molar-refractivity contribution in [2.24, 2.45) is 0 Å². The summed E-state index contributed by atoms with van der Waals surface area (Å²) in [5.74, 6) is -0.186. The van der Waals surface area contributed by atoms with Crippen LogP contribution in [0.5, 0.6) is 0 Å². The van der Waals surface area contributed by atoms with Gasteiger partial charge in [0.25, 0.3) is 5.91 Å². The van der Waals surface area contributed by atoms with E-state index in [-0.39, 0.29) is 18.6 Å². The van der Waals surface area contributed by atoms with Crippen LogP contribution >= 0.6 is 0 Å². The van der Waals surface area contributed by atoms with Crippen LogP contribution in [0.15, 0.2) is 24.3 Å². The van der Waals surface area contributed by atoms with E-state index in [0.717, 1.165) is 12.2 Å². The van der Waals surface area contributed by atoms with Gasteiger partial charge in [0.1, 0.15) is 5.60 Å². The van der Waals surface area contributed by atoms with Crippen molar-refractivity contribution in [3.63, 3.8) is 0 Å². The minimum Gasteiger partial charge on any atom is -0.385 e. The fourth-order valence-corrected chi connectivity index (χ4v) is 2.36. The Morgan fingerprint density at radius 2 is 2.25 bits per heavy atom. The van der Waals surface area contributed by atoms with Gasteiger partial charge in [-0.05, 0) is 26.0 Å². The van der Waals surface area contributed by atoms with E-state index >= 15 is 0 Å². The van der Waals surface area contributed by atoms with Crippen molar-refractivity contribution in [1.29, 1.82) is 0 Å². The van der Waals surface area contributed by atoms with E-state index in [1.807, 2.05) is 32.0 Å². The smallest absolute Gasteiger partial charge is 0.253 e. The van der Waals surface area contributed by atoms with E-state index in [9.17, 15) is 9.90 Å². The second kappa shape index (κ2) is 6.24. The van der Waals surface area contributed by atoms with Gasteiger partial charge in [-0.15, -0.1) is 0 Å². The van der Waals surface area contributed by atoms with Crippen LogP contribution in [0.1, 0.15) is 30.6 Å². The number of rotatable bonds is 5. The molecule has 0 aromatic heterocycles. The number of benzene rings is 1. The minimum absolute atomic E-state index is 0.186. The van der Waals surface area contributed by atoms with Gasteiger partial charge in [0, 0.05) is 31.8 Å². The molecule has 20 heavy (non-hydrogen) atoms. The molecule has 1 aromatic carbocycles. The molecule has 110 valence electrons. The largest absolute Gasteiger partial charge is 0.385 e. The highest BCUT2D eigenvalue weighted by Gasteiger charge is 2.39. The minimum atomic E-state index is -0.969. The summed E-state index contributed by atoms with van der Waals surface area (Å²) in [6, 6.07) is 7.35. The summed E-state index contributed by atoms with van der Waals surface area (Å²) < 4.78 is 5.36. The van der Waals surface area contributed by atoms with E-state index in [0.29, 0.717) is 18.6 Å². The normalized spacial score (nSPS) is 25.4. The summed E-state index contributed by atoms with van der Waals surface area (Å²) in [4.78, 5) is 12.2. The molecule has 1 fully saturated rings. The van der Waals surface area contributed by atoms with Crippen LogP contribution in [0.4, 0.5) is 5.69 Å². The molecule has 2 unspecified atom stereocenters. The lowest BCUT2D eigenvalue weighted by molar-refractivity contribution is -0.0251. The molecule has 3 N–H and O–H groups in total. The van der Waals surface area contributed by atoms with Crippen molar-refractivity contribution in [2.45, 2.75) is 32.0 Å². The van der Waals surface area contributed by atoms with Gasteiger partial charge < -0.3 is 20.5 Å². The van der Waals surface area contributed by atoms with Crippen LogP contribution in [0, 0.1) is 0 Å². The standard InChI is InChI=1S/C15H22N2O3/c1-3-16-13-7-5-4-6-12(13)14(18)17-10-15(19)8-9-20-11(15)2/h4-7,11,16,19H,3,8-10H2,1-2H3,(H,17,18). The maximum Gasteiger partial charge on any atom is 0.253 e. The number of carbonyl (C=O) groups is 1. The molecule has 0 saturated carbocycles. The molecule has 5 heteroatoms. The van der Waals surface area contributed by atoms with Crippen LogP contribution in [-0.2, 0) is 4.74 Å². The lowest BCUT2D eigenvalue weighted by Crippen LogP contribution is -2.47. The van der Waals surface area contributed by atoms with Crippen molar-refractivity contribution in [1.82, 2.24) is 5.32 Å². The Labute approximate surface area is 119 Å². The Bertz CT molecular complexity index is 478. The molecule has 1 saturated heterocycles. The maximum absolute atomic E-state index is 12.2. The number of hydrogen-bond donors (Lipinski definition) is 3. The predicted molar refractivity (Wildman–Crippen MR) is 77.9 cm³/mol. The van der Waals surface area contributed by atoms with Gasteiger partial charge in [0.15, 0.2) is 0 Å². The zero-order chi connectivity index (χ0) is 14.6. The highest BCUT2D eigenvalue weighted by Crippen LogP contribution is 2.25. The van der Waals surface area contributed by atoms with E-state index < -0.39 is 5.60 Å². The molecule has 0 radical (unpaired) electrons. The Kier molecular flexibility index (Phi) is 4.62. The average Bonchev–Trinajstić information content (AvgIpc) is 2.78. The number of para-hydroxylation sites is 1. The third-order valence-corrected chi connectivity index (χ3v) is 3.75. The molecule has 1 aromatic rings. The molecule has 2 rings (SSSR count). The van der Waals surface area contributed by atoms with Gasteiger partial charge in [0.2, 0.25) is 0 Å². The van der Waals surface area contributed by atoms with Crippen LogP contribution < -0.4 is 10.6 Å². The fourth-order valence-electron chi connectivity index (χ4n) is 2.36. The van der Waals surface area contributed by atoms with Crippen molar-refractivity contribution in [3.05, 3.63) is 29.8 Å². The summed E-state index contributed by atoms with van der Waals surface area (Å²) in [6.07, 6.45) is 0.287. The molecule has 5 nitrogen and oxygen atoms in total. The molecular weight excluding hydrogens is 256 g/mol. The van der Waals surface area contributed by atoms with E-state index in [4.69, 9.17) is 4.74 Å². The first-order valence-corrected chi connectivity index (χ1v) is 7.02. The van der Waals surface area contributed by atoms with Gasteiger partial charge in [-0.1, -0.05) is 12.1 Å². The number of carbonyl (C=O) groups excluding carboxylic acids is 1. The Morgan fingerprint density at radius 3 is 2.90 bits per heavy atom. The number of hydrogen-bond acceptors (Lipinski definition) is 4.